The predicted octanol–water partition coefficient (Wildman–Crippen LogP) is 3.11. The van der Waals surface area contributed by atoms with Gasteiger partial charge in [-0.05, 0) is 31.2 Å². The monoisotopic (exact) mass is 373 g/mol. The van der Waals surface area contributed by atoms with Gasteiger partial charge in [-0.1, -0.05) is 18.2 Å². The van der Waals surface area contributed by atoms with Crippen molar-refractivity contribution in [3.8, 4) is 5.75 Å². The molecule has 0 aliphatic heterocycles. The van der Waals surface area contributed by atoms with Gasteiger partial charge in [0.05, 0.1) is 0 Å². The number of para-hydroxylation sites is 1. The zero-order valence-corrected chi connectivity index (χ0v) is 14.9. The van der Waals surface area contributed by atoms with Crippen LogP contribution < -0.4 is 15.4 Å². The van der Waals surface area contributed by atoms with Crippen LogP contribution in [0.2, 0.25) is 0 Å². The Morgan fingerprint density at radius 1 is 1.23 bits per heavy atom. The molecule has 0 saturated heterocycles. The first-order valence-corrected chi connectivity index (χ1v) is 8.77. The Morgan fingerprint density at radius 2 is 2.00 bits per heavy atom. The van der Waals surface area contributed by atoms with Crippen LogP contribution in [-0.4, -0.2) is 45.5 Å². The molecule has 2 N–H and O–H groups in total. The zero-order valence-electron chi connectivity index (χ0n) is 14.9. The second-order valence-electron chi connectivity index (χ2n) is 6.24. The zero-order chi connectivity index (χ0) is 18.8. The van der Waals surface area contributed by atoms with Crippen molar-refractivity contribution in [2.75, 3.05) is 33.4 Å². The van der Waals surface area contributed by atoms with Crippen LogP contribution in [-0.2, 0) is 11.3 Å². The molecule has 0 atom stereocenters. The number of guanidine groups is 1. The minimum atomic E-state index is -4.36. The maximum atomic E-state index is 12.3. The summed E-state index contributed by atoms with van der Waals surface area (Å²) in [6.45, 7) is 1.26. The van der Waals surface area contributed by atoms with Crippen LogP contribution in [0.5, 0.6) is 5.75 Å². The number of alkyl halides is 3. The van der Waals surface area contributed by atoms with Crippen LogP contribution in [0.15, 0.2) is 29.3 Å². The number of rotatable bonds is 10. The average molecular weight is 373 g/mol. The first-order chi connectivity index (χ1) is 12.5. The summed E-state index contributed by atoms with van der Waals surface area (Å²) in [5.41, 5.74) is 0.632. The van der Waals surface area contributed by atoms with E-state index < -0.39 is 12.8 Å². The first kappa shape index (κ1) is 20.4. The maximum Gasteiger partial charge on any atom is 0.422 e. The van der Waals surface area contributed by atoms with Gasteiger partial charge in [0.25, 0.3) is 0 Å². The Hall–Kier alpha value is -1.96. The molecule has 0 unspecified atom stereocenters. The van der Waals surface area contributed by atoms with E-state index in [2.05, 4.69) is 15.6 Å². The van der Waals surface area contributed by atoms with Gasteiger partial charge >= 0.3 is 6.18 Å². The minimum Gasteiger partial charge on any atom is -0.484 e. The standard InChI is InChI=1S/C18H26F3N3O2/c1-22-17(23-9-4-10-25-12-14-7-8-14)24-11-15-5-2-3-6-16(15)26-13-18(19,20)21/h2-3,5-6,14H,4,7-13H2,1H3,(H2,22,23,24). The van der Waals surface area contributed by atoms with Gasteiger partial charge in [0.2, 0.25) is 0 Å². The highest BCUT2D eigenvalue weighted by atomic mass is 19.4. The highest BCUT2D eigenvalue weighted by molar-refractivity contribution is 5.79. The van der Waals surface area contributed by atoms with E-state index in [1.807, 2.05) is 0 Å². The summed E-state index contributed by atoms with van der Waals surface area (Å²) >= 11 is 0. The number of aliphatic imine (C=N–C) groups is 1. The summed E-state index contributed by atoms with van der Waals surface area (Å²) in [6.07, 6.45) is -0.940. The molecule has 0 aromatic heterocycles. The van der Waals surface area contributed by atoms with Gasteiger partial charge < -0.3 is 20.1 Å². The molecule has 1 aromatic carbocycles. The van der Waals surface area contributed by atoms with Crippen molar-refractivity contribution in [2.45, 2.75) is 32.0 Å². The molecule has 1 aromatic rings. The van der Waals surface area contributed by atoms with E-state index in [4.69, 9.17) is 9.47 Å². The summed E-state index contributed by atoms with van der Waals surface area (Å²) in [7, 11) is 1.64. The lowest BCUT2D eigenvalue weighted by Gasteiger charge is -2.15. The lowest BCUT2D eigenvalue weighted by Crippen LogP contribution is -2.37. The van der Waals surface area contributed by atoms with Crippen molar-refractivity contribution in [3.05, 3.63) is 29.8 Å². The van der Waals surface area contributed by atoms with Crippen molar-refractivity contribution < 1.29 is 22.6 Å². The highest BCUT2D eigenvalue weighted by Crippen LogP contribution is 2.28. The van der Waals surface area contributed by atoms with E-state index in [9.17, 15) is 13.2 Å². The topological polar surface area (TPSA) is 54.9 Å². The molecule has 26 heavy (non-hydrogen) atoms. The van der Waals surface area contributed by atoms with Gasteiger partial charge in [0.15, 0.2) is 12.6 Å². The third-order valence-electron chi connectivity index (χ3n) is 3.84. The Bertz CT molecular complexity index is 575. The Labute approximate surface area is 152 Å². The maximum absolute atomic E-state index is 12.3. The molecule has 0 heterocycles. The fourth-order valence-electron chi connectivity index (χ4n) is 2.27. The number of nitrogens with zero attached hydrogens (tertiary/aromatic N) is 1. The Morgan fingerprint density at radius 3 is 2.69 bits per heavy atom. The summed E-state index contributed by atoms with van der Waals surface area (Å²) in [6, 6.07) is 6.64. The molecular weight excluding hydrogens is 347 g/mol. The van der Waals surface area contributed by atoms with Gasteiger partial charge in [-0.25, -0.2) is 0 Å². The molecule has 1 saturated carbocycles. The Kier molecular flexibility index (Phi) is 8.03. The largest absolute Gasteiger partial charge is 0.484 e. The van der Waals surface area contributed by atoms with Crippen molar-refractivity contribution in [2.24, 2.45) is 10.9 Å². The highest BCUT2D eigenvalue weighted by Gasteiger charge is 2.28. The van der Waals surface area contributed by atoms with Crippen LogP contribution in [0.4, 0.5) is 13.2 Å². The summed E-state index contributed by atoms with van der Waals surface area (Å²) in [5.74, 6) is 1.55. The van der Waals surface area contributed by atoms with Crippen LogP contribution in [0.1, 0.15) is 24.8 Å². The van der Waals surface area contributed by atoms with E-state index in [1.54, 1.807) is 25.2 Å². The molecule has 0 radical (unpaired) electrons. The van der Waals surface area contributed by atoms with Crippen molar-refractivity contribution in [1.82, 2.24) is 10.6 Å². The summed E-state index contributed by atoms with van der Waals surface area (Å²) < 4.78 is 47.5. The molecule has 8 heteroatoms. The Balaban J connectivity index is 1.69. The number of hydrogen-bond acceptors (Lipinski definition) is 3. The molecular formula is C18H26F3N3O2. The molecule has 0 bridgehead atoms. The molecule has 0 amide bonds. The van der Waals surface area contributed by atoms with Gasteiger partial charge in [0, 0.05) is 38.9 Å². The number of benzene rings is 1. The van der Waals surface area contributed by atoms with Gasteiger partial charge in [-0.3, -0.25) is 4.99 Å². The predicted molar refractivity (Wildman–Crippen MR) is 94.4 cm³/mol. The number of halogens is 3. The van der Waals surface area contributed by atoms with Gasteiger partial charge in [0.1, 0.15) is 5.75 Å². The number of hydrogen-bond donors (Lipinski definition) is 2. The van der Waals surface area contributed by atoms with Gasteiger partial charge in [-0.15, -0.1) is 0 Å². The van der Waals surface area contributed by atoms with E-state index in [-0.39, 0.29) is 5.75 Å². The summed E-state index contributed by atoms with van der Waals surface area (Å²) in [5, 5.41) is 6.24. The second-order valence-corrected chi connectivity index (χ2v) is 6.24. The quantitative estimate of drug-likeness (QED) is 0.376. The average Bonchev–Trinajstić information content (AvgIpc) is 3.43. The number of nitrogens with one attached hydrogen (secondary N) is 2. The van der Waals surface area contributed by atoms with Crippen LogP contribution in [0.25, 0.3) is 0 Å². The van der Waals surface area contributed by atoms with Crippen LogP contribution in [0, 0.1) is 5.92 Å². The normalized spacial score (nSPS) is 15.0. The SMILES string of the molecule is CN=C(NCCCOCC1CC1)NCc1ccccc1OCC(F)(F)F. The molecule has 5 nitrogen and oxygen atoms in total. The van der Waals surface area contributed by atoms with Crippen LogP contribution >= 0.6 is 0 Å². The smallest absolute Gasteiger partial charge is 0.422 e. The molecule has 1 fully saturated rings. The van der Waals surface area contributed by atoms with Crippen molar-refractivity contribution in [1.29, 1.82) is 0 Å². The van der Waals surface area contributed by atoms with Crippen molar-refractivity contribution >= 4 is 5.96 Å². The minimum absolute atomic E-state index is 0.209. The third kappa shape index (κ3) is 8.42. The molecule has 146 valence electrons. The van der Waals surface area contributed by atoms with Crippen LogP contribution in [0.3, 0.4) is 0 Å². The second kappa shape index (κ2) is 10.3. The van der Waals surface area contributed by atoms with E-state index in [0.717, 1.165) is 18.9 Å². The first-order valence-electron chi connectivity index (χ1n) is 8.77. The lowest BCUT2D eigenvalue weighted by atomic mass is 10.2. The molecule has 2 rings (SSSR count). The van der Waals surface area contributed by atoms with E-state index in [1.165, 1.54) is 18.9 Å². The van der Waals surface area contributed by atoms with E-state index >= 15 is 0 Å². The van der Waals surface area contributed by atoms with E-state index in [0.29, 0.717) is 31.2 Å². The van der Waals surface area contributed by atoms with Gasteiger partial charge in [-0.2, -0.15) is 13.2 Å². The van der Waals surface area contributed by atoms with Crippen molar-refractivity contribution in [3.63, 3.8) is 0 Å². The lowest BCUT2D eigenvalue weighted by molar-refractivity contribution is -0.153. The number of ether oxygens (including phenoxy) is 2. The third-order valence-corrected chi connectivity index (χ3v) is 3.84. The molecule has 1 aliphatic carbocycles. The summed E-state index contributed by atoms with van der Waals surface area (Å²) in [4.78, 5) is 4.11. The fraction of sp³-hybridized carbons (Fsp3) is 0.611. The fourth-order valence-corrected chi connectivity index (χ4v) is 2.27. The molecule has 1 aliphatic rings. The molecule has 0 spiro atoms.